The fraction of sp³-hybridized carbons (Fsp3) is 0.0714. The van der Waals surface area contributed by atoms with Crippen LogP contribution in [0.25, 0.3) is 5.57 Å². The lowest BCUT2D eigenvalue weighted by Crippen LogP contribution is -2.02. The van der Waals surface area contributed by atoms with Gasteiger partial charge in [0.05, 0.1) is 45.6 Å². The van der Waals surface area contributed by atoms with E-state index < -0.39 is 0 Å². The SMILES string of the molecule is Cc1cc(N)cc(C)c1C1=CC2=CC3=NC(=CC4=NC(=CC5=NC(=CC1=N2)C=C5)C=C4)C=C3. The number of allylic oxidation sites excluding steroid dienone is 12. The molecule has 0 atom stereocenters. The van der Waals surface area contributed by atoms with E-state index in [4.69, 9.17) is 20.7 Å². The van der Waals surface area contributed by atoms with Gasteiger partial charge in [-0.2, -0.15) is 0 Å². The molecule has 5 nitrogen and oxygen atoms in total. The van der Waals surface area contributed by atoms with Crippen molar-refractivity contribution in [2.45, 2.75) is 13.8 Å². The summed E-state index contributed by atoms with van der Waals surface area (Å²) in [6, 6.07) is 4.02. The number of fused-ring (bicyclic) bond motifs is 4. The van der Waals surface area contributed by atoms with Crippen LogP contribution in [0.15, 0.2) is 122 Å². The standard InChI is InChI=1S/C28H21N5/c1-16-9-18(29)10-17(2)28(16)26-14-25-13-23-6-5-21(31-23)11-19-3-4-20(30-19)12-22-7-8-24(32-22)15-27(26)33-25/h3-15H,29H2,1-2H3. The van der Waals surface area contributed by atoms with E-state index in [9.17, 15) is 0 Å². The second-order valence-corrected chi connectivity index (χ2v) is 8.47. The molecular weight excluding hydrogens is 406 g/mol. The summed E-state index contributed by atoms with van der Waals surface area (Å²) in [7, 11) is 0. The zero-order chi connectivity index (χ0) is 22.5. The van der Waals surface area contributed by atoms with E-state index in [1.54, 1.807) is 0 Å². The first-order valence-corrected chi connectivity index (χ1v) is 10.9. The Morgan fingerprint density at radius 1 is 0.545 bits per heavy atom. The summed E-state index contributed by atoms with van der Waals surface area (Å²) in [6.45, 7) is 4.17. The van der Waals surface area contributed by atoms with Gasteiger partial charge in [0, 0.05) is 11.3 Å². The zero-order valence-electron chi connectivity index (χ0n) is 18.4. The Bertz CT molecular complexity index is 1480. The molecule has 1 aromatic rings. The molecule has 5 heteroatoms. The molecule has 0 unspecified atom stereocenters. The van der Waals surface area contributed by atoms with Crippen molar-refractivity contribution in [1.82, 2.24) is 0 Å². The smallest absolute Gasteiger partial charge is 0.0737 e. The lowest BCUT2D eigenvalue weighted by atomic mass is 9.92. The zero-order valence-corrected chi connectivity index (χ0v) is 18.4. The highest BCUT2D eigenvalue weighted by atomic mass is 14.8. The number of nitrogens with two attached hydrogens (primary N) is 1. The van der Waals surface area contributed by atoms with Gasteiger partial charge in [-0.05, 0) is 110 Å². The molecule has 158 valence electrons. The molecule has 0 spiro atoms. The van der Waals surface area contributed by atoms with E-state index in [1.807, 2.05) is 72.9 Å². The number of nitrogens with zero attached hydrogens (tertiary/aromatic N) is 4. The van der Waals surface area contributed by atoms with Gasteiger partial charge in [0.15, 0.2) is 0 Å². The molecule has 0 aliphatic carbocycles. The normalized spacial score (nSPS) is 20.0. The van der Waals surface area contributed by atoms with Crippen LogP contribution in [0.5, 0.6) is 0 Å². The third-order valence-electron chi connectivity index (χ3n) is 5.86. The summed E-state index contributed by atoms with van der Waals surface area (Å²) in [4.78, 5) is 19.1. The summed E-state index contributed by atoms with van der Waals surface area (Å²) in [5, 5.41) is 0. The monoisotopic (exact) mass is 427 g/mol. The predicted molar refractivity (Wildman–Crippen MR) is 138 cm³/mol. The number of aryl methyl sites for hydroxylation is 2. The van der Waals surface area contributed by atoms with E-state index in [1.165, 1.54) is 0 Å². The second-order valence-electron chi connectivity index (χ2n) is 8.47. The molecular formula is C28H21N5. The first-order valence-electron chi connectivity index (χ1n) is 10.9. The van der Waals surface area contributed by atoms with Crippen molar-refractivity contribution in [2.24, 2.45) is 20.0 Å². The third-order valence-corrected chi connectivity index (χ3v) is 5.86. The van der Waals surface area contributed by atoms with Crippen molar-refractivity contribution in [2.75, 3.05) is 5.73 Å². The maximum atomic E-state index is 6.08. The number of aliphatic imine (C=N–C) groups is 4. The Morgan fingerprint density at radius 3 is 1.58 bits per heavy atom. The first kappa shape index (κ1) is 19.3. The topological polar surface area (TPSA) is 75.5 Å². The highest BCUT2D eigenvalue weighted by molar-refractivity contribution is 6.33. The predicted octanol–water partition coefficient (Wildman–Crippen LogP) is 5.31. The number of benzene rings is 1. The van der Waals surface area contributed by atoms with Gasteiger partial charge in [-0.1, -0.05) is 0 Å². The first-order chi connectivity index (χ1) is 16.0. The largest absolute Gasteiger partial charge is 0.399 e. The number of hydrogen-bond donors (Lipinski definition) is 1. The van der Waals surface area contributed by atoms with Crippen LogP contribution in [0, 0.1) is 13.8 Å². The van der Waals surface area contributed by atoms with E-state index >= 15 is 0 Å². The fourth-order valence-corrected chi connectivity index (χ4v) is 4.52. The molecule has 0 amide bonds. The lowest BCUT2D eigenvalue weighted by Gasteiger charge is -2.13. The van der Waals surface area contributed by atoms with Crippen LogP contribution in [-0.4, -0.2) is 22.8 Å². The molecule has 0 saturated heterocycles. The number of anilines is 1. The molecule has 33 heavy (non-hydrogen) atoms. The molecule has 1 aromatic carbocycles. The van der Waals surface area contributed by atoms with E-state index in [-0.39, 0.29) is 0 Å². The quantitative estimate of drug-likeness (QED) is 0.606. The average Bonchev–Trinajstić information content (AvgIpc) is 3.53. The van der Waals surface area contributed by atoms with Crippen molar-refractivity contribution < 1.29 is 0 Å². The number of nitrogen functional groups attached to an aromatic ring is 1. The van der Waals surface area contributed by atoms with Gasteiger partial charge in [-0.25, -0.2) is 20.0 Å². The van der Waals surface area contributed by atoms with E-state index in [0.717, 1.165) is 73.6 Å². The molecule has 5 heterocycles. The number of rotatable bonds is 1. The van der Waals surface area contributed by atoms with Gasteiger partial charge in [0.25, 0.3) is 0 Å². The van der Waals surface area contributed by atoms with Gasteiger partial charge >= 0.3 is 0 Å². The molecule has 0 aromatic heterocycles. The third kappa shape index (κ3) is 3.64. The van der Waals surface area contributed by atoms with E-state index in [2.05, 4.69) is 24.9 Å². The molecule has 6 rings (SSSR count). The highest BCUT2D eigenvalue weighted by Gasteiger charge is 2.21. The van der Waals surface area contributed by atoms with Crippen molar-refractivity contribution in [1.29, 1.82) is 0 Å². The van der Waals surface area contributed by atoms with E-state index in [0.29, 0.717) is 0 Å². The van der Waals surface area contributed by atoms with Crippen molar-refractivity contribution in [3.8, 4) is 0 Å². The number of hydrogen-bond acceptors (Lipinski definition) is 5. The van der Waals surface area contributed by atoms with Crippen LogP contribution in [0.4, 0.5) is 5.69 Å². The summed E-state index contributed by atoms with van der Waals surface area (Å²) in [6.07, 6.45) is 22.1. The molecule has 0 saturated carbocycles. The van der Waals surface area contributed by atoms with Crippen LogP contribution in [0.3, 0.4) is 0 Å². The summed E-state index contributed by atoms with van der Waals surface area (Å²) >= 11 is 0. The van der Waals surface area contributed by atoms with Gasteiger partial charge in [-0.15, -0.1) is 0 Å². The molecule has 0 fully saturated rings. The van der Waals surface area contributed by atoms with Crippen LogP contribution in [0.2, 0.25) is 0 Å². The maximum absolute atomic E-state index is 6.08. The molecule has 5 aliphatic rings. The Balaban J connectivity index is 1.53. The molecule has 8 bridgehead atoms. The minimum absolute atomic E-state index is 0.767. The second kappa shape index (κ2) is 7.35. The molecule has 0 radical (unpaired) electrons. The minimum Gasteiger partial charge on any atom is -0.399 e. The van der Waals surface area contributed by atoms with Gasteiger partial charge in [-0.3, -0.25) is 0 Å². The molecule has 2 N–H and O–H groups in total. The Morgan fingerprint density at radius 2 is 1.03 bits per heavy atom. The van der Waals surface area contributed by atoms with Gasteiger partial charge in [0.1, 0.15) is 0 Å². The lowest BCUT2D eigenvalue weighted by molar-refractivity contribution is 1.35. The average molecular weight is 428 g/mol. The van der Waals surface area contributed by atoms with Crippen molar-refractivity contribution in [3.05, 3.63) is 118 Å². The Kier molecular flexibility index (Phi) is 4.30. The van der Waals surface area contributed by atoms with Crippen LogP contribution < -0.4 is 5.73 Å². The van der Waals surface area contributed by atoms with Crippen molar-refractivity contribution >= 4 is 34.1 Å². The van der Waals surface area contributed by atoms with Crippen LogP contribution in [0.1, 0.15) is 16.7 Å². The minimum atomic E-state index is 0.767. The van der Waals surface area contributed by atoms with Crippen LogP contribution in [-0.2, 0) is 0 Å². The summed E-state index contributed by atoms with van der Waals surface area (Å²) in [5.74, 6) is 0. The summed E-state index contributed by atoms with van der Waals surface area (Å²) < 4.78 is 0. The van der Waals surface area contributed by atoms with Gasteiger partial charge < -0.3 is 5.73 Å². The Hall–Kier alpha value is -4.38. The van der Waals surface area contributed by atoms with Crippen molar-refractivity contribution in [3.63, 3.8) is 0 Å². The molecule has 5 aliphatic heterocycles. The highest BCUT2D eigenvalue weighted by Crippen LogP contribution is 2.33. The van der Waals surface area contributed by atoms with Crippen LogP contribution >= 0.6 is 0 Å². The summed E-state index contributed by atoms with van der Waals surface area (Å²) in [5.41, 5.74) is 18.3. The van der Waals surface area contributed by atoms with Gasteiger partial charge in [0.2, 0.25) is 0 Å². The Labute approximate surface area is 192 Å². The maximum Gasteiger partial charge on any atom is 0.0737 e. The fourth-order valence-electron chi connectivity index (χ4n) is 4.52.